The molecule has 3 nitrogen and oxygen atoms in total. The first-order valence-electron chi connectivity index (χ1n) is 5.06. The summed E-state index contributed by atoms with van der Waals surface area (Å²) in [5.74, 6) is -2.49. The van der Waals surface area contributed by atoms with Crippen LogP contribution in [0.15, 0.2) is 22.7 Å². The van der Waals surface area contributed by atoms with Crippen molar-refractivity contribution in [3.05, 3.63) is 33.3 Å². The molecule has 0 bridgehead atoms. The molecule has 0 radical (unpaired) electrons. The van der Waals surface area contributed by atoms with Crippen molar-refractivity contribution in [1.29, 1.82) is 0 Å². The molecule has 0 amide bonds. The highest BCUT2D eigenvalue weighted by molar-refractivity contribution is 9.10. The normalized spacial score (nSPS) is 14.1. The van der Waals surface area contributed by atoms with Crippen LogP contribution in [0.25, 0.3) is 0 Å². The number of carbonyl (C=O) groups is 2. The second kappa shape index (κ2) is 5.65. The minimum atomic E-state index is -0.978. The van der Waals surface area contributed by atoms with Gasteiger partial charge in [-0.3, -0.25) is 9.59 Å². The molecule has 1 rings (SSSR count). The lowest BCUT2D eigenvalue weighted by molar-refractivity contribution is -0.142. The molecule has 0 aliphatic heterocycles. The van der Waals surface area contributed by atoms with Gasteiger partial charge in [-0.2, -0.15) is 0 Å². The Balaban J connectivity index is 2.96. The second-order valence-corrected chi connectivity index (χ2v) is 5.17. The molecule has 0 aromatic heterocycles. The molecule has 2 unspecified atom stereocenters. The van der Waals surface area contributed by atoms with Gasteiger partial charge in [-0.25, -0.2) is 0 Å². The van der Waals surface area contributed by atoms with Gasteiger partial charge >= 0.3 is 5.97 Å². The van der Waals surface area contributed by atoms with Crippen molar-refractivity contribution >= 4 is 39.3 Å². The standard InChI is InChI=1S/C12H12BrClO3/c1-6(7(2)12(16)17)11(15)8-3-4-9(13)10(14)5-8/h3-7H,1-2H3,(H,16,17). The van der Waals surface area contributed by atoms with Gasteiger partial charge in [0.15, 0.2) is 5.78 Å². The minimum absolute atomic E-state index is 0.214. The molecule has 17 heavy (non-hydrogen) atoms. The van der Waals surface area contributed by atoms with E-state index in [0.717, 1.165) is 0 Å². The topological polar surface area (TPSA) is 54.4 Å². The molecular weight excluding hydrogens is 307 g/mol. The maximum atomic E-state index is 12.0. The first-order valence-corrected chi connectivity index (χ1v) is 6.23. The van der Waals surface area contributed by atoms with Crippen LogP contribution in [0.4, 0.5) is 0 Å². The highest BCUT2D eigenvalue weighted by Crippen LogP contribution is 2.25. The molecule has 5 heteroatoms. The van der Waals surface area contributed by atoms with E-state index < -0.39 is 17.8 Å². The van der Waals surface area contributed by atoms with Gasteiger partial charge in [0, 0.05) is 16.0 Å². The number of hydrogen-bond acceptors (Lipinski definition) is 2. The van der Waals surface area contributed by atoms with Crippen LogP contribution in [0, 0.1) is 11.8 Å². The molecule has 0 heterocycles. The van der Waals surface area contributed by atoms with E-state index in [1.807, 2.05) is 0 Å². The Morgan fingerprint density at radius 3 is 2.35 bits per heavy atom. The minimum Gasteiger partial charge on any atom is -0.481 e. The molecule has 0 saturated heterocycles. The fourth-order valence-corrected chi connectivity index (χ4v) is 1.78. The van der Waals surface area contributed by atoms with E-state index >= 15 is 0 Å². The number of hydrogen-bond donors (Lipinski definition) is 1. The molecule has 0 aliphatic carbocycles. The van der Waals surface area contributed by atoms with Crippen molar-refractivity contribution in [2.75, 3.05) is 0 Å². The number of Topliss-reactive ketones (excluding diaryl/α,β-unsaturated/α-hetero) is 1. The summed E-state index contributed by atoms with van der Waals surface area (Å²) in [6.07, 6.45) is 0. The number of ketones is 1. The summed E-state index contributed by atoms with van der Waals surface area (Å²) >= 11 is 9.12. The van der Waals surface area contributed by atoms with Gasteiger partial charge in [-0.05, 0) is 28.1 Å². The van der Waals surface area contributed by atoms with Crippen molar-refractivity contribution < 1.29 is 14.7 Å². The van der Waals surface area contributed by atoms with E-state index in [0.29, 0.717) is 15.1 Å². The lowest BCUT2D eigenvalue weighted by Gasteiger charge is -2.14. The fraction of sp³-hybridized carbons (Fsp3) is 0.333. The number of carboxylic acid groups (broad SMARTS) is 1. The van der Waals surface area contributed by atoms with Gasteiger partial charge in [-0.15, -0.1) is 0 Å². The van der Waals surface area contributed by atoms with Gasteiger partial charge in [0.05, 0.1) is 10.9 Å². The zero-order valence-electron chi connectivity index (χ0n) is 9.41. The molecule has 0 saturated carbocycles. The lowest BCUT2D eigenvalue weighted by atomic mass is 9.88. The van der Waals surface area contributed by atoms with Gasteiger partial charge in [0.2, 0.25) is 0 Å². The molecule has 0 spiro atoms. The van der Waals surface area contributed by atoms with Crippen molar-refractivity contribution in [3.63, 3.8) is 0 Å². The molecule has 92 valence electrons. The number of carbonyl (C=O) groups excluding carboxylic acids is 1. The van der Waals surface area contributed by atoms with Crippen LogP contribution < -0.4 is 0 Å². The SMILES string of the molecule is CC(C(=O)O)C(C)C(=O)c1ccc(Br)c(Cl)c1. The number of carboxylic acids is 1. The maximum absolute atomic E-state index is 12.0. The second-order valence-electron chi connectivity index (χ2n) is 3.91. The highest BCUT2D eigenvalue weighted by Gasteiger charge is 2.26. The number of halogens is 2. The zero-order chi connectivity index (χ0) is 13.2. The summed E-state index contributed by atoms with van der Waals surface area (Å²) in [4.78, 5) is 22.8. The predicted molar refractivity (Wildman–Crippen MR) is 69.4 cm³/mol. The molecule has 1 N–H and O–H groups in total. The van der Waals surface area contributed by atoms with Crippen molar-refractivity contribution in [1.82, 2.24) is 0 Å². The molecule has 0 aliphatic rings. The Hall–Kier alpha value is -0.870. The van der Waals surface area contributed by atoms with E-state index in [1.165, 1.54) is 6.92 Å². The third-order valence-corrected chi connectivity index (χ3v) is 3.99. The molecule has 1 aromatic rings. The highest BCUT2D eigenvalue weighted by atomic mass is 79.9. The average molecular weight is 320 g/mol. The summed E-state index contributed by atoms with van der Waals surface area (Å²) < 4.78 is 0.703. The molecular formula is C12H12BrClO3. The largest absolute Gasteiger partial charge is 0.481 e. The average Bonchev–Trinajstić information content (AvgIpc) is 2.29. The summed E-state index contributed by atoms with van der Waals surface area (Å²) in [6, 6.07) is 4.84. The summed E-state index contributed by atoms with van der Waals surface area (Å²) in [6.45, 7) is 3.13. The lowest BCUT2D eigenvalue weighted by Crippen LogP contribution is -2.25. The summed E-state index contributed by atoms with van der Waals surface area (Å²) in [5, 5.41) is 9.30. The fourth-order valence-electron chi connectivity index (χ4n) is 1.35. The van der Waals surface area contributed by atoms with Gasteiger partial charge in [0.1, 0.15) is 0 Å². The quantitative estimate of drug-likeness (QED) is 0.862. The van der Waals surface area contributed by atoms with E-state index in [2.05, 4.69) is 15.9 Å². The van der Waals surface area contributed by atoms with Crippen molar-refractivity contribution in [2.24, 2.45) is 11.8 Å². The Kier molecular flexibility index (Phi) is 4.71. The van der Waals surface area contributed by atoms with E-state index in [9.17, 15) is 9.59 Å². The summed E-state index contributed by atoms with van der Waals surface area (Å²) in [7, 11) is 0. The van der Waals surface area contributed by atoms with Crippen LogP contribution in [0.5, 0.6) is 0 Å². The Morgan fingerprint density at radius 1 is 1.29 bits per heavy atom. The molecule has 2 atom stereocenters. The van der Waals surface area contributed by atoms with Crippen LogP contribution in [-0.2, 0) is 4.79 Å². The zero-order valence-corrected chi connectivity index (χ0v) is 11.7. The van der Waals surface area contributed by atoms with Crippen LogP contribution >= 0.6 is 27.5 Å². The van der Waals surface area contributed by atoms with Gasteiger partial charge in [-0.1, -0.05) is 31.5 Å². The Labute approximate surface area is 113 Å². The number of aliphatic carboxylic acids is 1. The smallest absolute Gasteiger partial charge is 0.306 e. The predicted octanol–water partition coefficient (Wildman–Crippen LogP) is 3.64. The molecule has 1 aromatic carbocycles. The number of benzene rings is 1. The molecule has 0 fully saturated rings. The van der Waals surface area contributed by atoms with Gasteiger partial charge < -0.3 is 5.11 Å². The van der Waals surface area contributed by atoms with Crippen molar-refractivity contribution in [3.8, 4) is 0 Å². The van der Waals surface area contributed by atoms with Crippen LogP contribution in [0.2, 0.25) is 5.02 Å². The first-order chi connectivity index (χ1) is 7.84. The van der Waals surface area contributed by atoms with Crippen LogP contribution in [0.3, 0.4) is 0 Å². The van der Waals surface area contributed by atoms with E-state index in [-0.39, 0.29) is 5.78 Å². The third kappa shape index (κ3) is 3.30. The van der Waals surface area contributed by atoms with E-state index in [4.69, 9.17) is 16.7 Å². The number of rotatable bonds is 4. The van der Waals surface area contributed by atoms with Crippen LogP contribution in [-0.4, -0.2) is 16.9 Å². The maximum Gasteiger partial charge on any atom is 0.306 e. The van der Waals surface area contributed by atoms with E-state index in [1.54, 1.807) is 25.1 Å². The first kappa shape index (κ1) is 14.2. The van der Waals surface area contributed by atoms with Crippen molar-refractivity contribution in [2.45, 2.75) is 13.8 Å². The Bertz CT molecular complexity index is 459. The summed E-state index contributed by atoms with van der Waals surface area (Å²) in [5.41, 5.74) is 0.429. The van der Waals surface area contributed by atoms with Crippen LogP contribution in [0.1, 0.15) is 24.2 Å². The third-order valence-electron chi connectivity index (χ3n) is 2.76. The monoisotopic (exact) mass is 318 g/mol. The van der Waals surface area contributed by atoms with Gasteiger partial charge in [0.25, 0.3) is 0 Å². The Morgan fingerprint density at radius 2 is 1.88 bits per heavy atom.